The molecule has 0 aliphatic heterocycles. The average Bonchev–Trinajstić information content (AvgIpc) is 2.83. The predicted octanol–water partition coefficient (Wildman–Crippen LogP) is 3.26. The largest absolute Gasteiger partial charge is 0.451 e. The minimum atomic E-state index is -4.62. The first kappa shape index (κ1) is 16.0. The van der Waals surface area contributed by atoms with Crippen molar-refractivity contribution >= 4 is 38.9 Å². The van der Waals surface area contributed by atoms with E-state index in [9.17, 15) is 13.2 Å². The van der Waals surface area contributed by atoms with E-state index in [1.54, 1.807) is 11.3 Å². The minimum Gasteiger partial charge on any atom is -0.370 e. The summed E-state index contributed by atoms with van der Waals surface area (Å²) in [4.78, 5) is 7.82. The highest BCUT2D eigenvalue weighted by Gasteiger charge is 2.35. The van der Waals surface area contributed by atoms with Gasteiger partial charge < -0.3 is 10.7 Å². The number of thiophene rings is 1. The van der Waals surface area contributed by atoms with Gasteiger partial charge >= 0.3 is 6.18 Å². The smallest absolute Gasteiger partial charge is 0.370 e. The van der Waals surface area contributed by atoms with Crippen LogP contribution in [0.25, 0.3) is 0 Å². The number of nitrogen functional groups attached to an aromatic ring is 1. The first-order valence-electron chi connectivity index (χ1n) is 5.79. The van der Waals surface area contributed by atoms with Gasteiger partial charge in [0.15, 0.2) is 0 Å². The van der Waals surface area contributed by atoms with E-state index in [0.29, 0.717) is 13.0 Å². The number of hydrogen-bond donors (Lipinski definition) is 3. The summed E-state index contributed by atoms with van der Waals surface area (Å²) in [5.74, 6) is 3.85. The molecule has 0 aliphatic carbocycles. The Morgan fingerprint density at radius 2 is 1.95 bits per heavy atom. The van der Waals surface area contributed by atoms with Crippen LogP contribution in [0.1, 0.15) is 10.7 Å². The lowest BCUT2D eigenvalue weighted by Crippen LogP contribution is -2.17. The third-order valence-electron chi connectivity index (χ3n) is 2.43. The number of hydrazine groups is 1. The van der Waals surface area contributed by atoms with Crippen molar-refractivity contribution in [3.63, 3.8) is 0 Å². The zero-order valence-corrected chi connectivity index (χ0v) is 12.9. The zero-order valence-electron chi connectivity index (χ0n) is 10.5. The summed E-state index contributed by atoms with van der Waals surface area (Å²) in [5, 5.41) is 2.83. The lowest BCUT2D eigenvalue weighted by Gasteiger charge is -2.11. The summed E-state index contributed by atoms with van der Waals surface area (Å²) in [6, 6.07) is 5.19. The van der Waals surface area contributed by atoms with E-state index in [4.69, 9.17) is 5.84 Å². The van der Waals surface area contributed by atoms with Gasteiger partial charge in [0.25, 0.3) is 0 Å². The Morgan fingerprint density at radius 1 is 1.24 bits per heavy atom. The van der Waals surface area contributed by atoms with Crippen LogP contribution < -0.4 is 16.6 Å². The molecular weight excluding hydrogens is 371 g/mol. The summed E-state index contributed by atoms with van der Waals surface area (Å²) in [6.07, 6.45) is -3.95. The Kier molecular flexibility index (Phi) is 5.01. The molecule has 4 N–H and O–H groups in total. The highest BCUT2D eigenvalue weighted by Crippen LogP contribution is 2.28. The maximum Gasteiger partial charge on any atom is 0.451 e. The van der Waals surface area contributed by atoms with Crippen molar-refractivity contribution in [3.05, 3.63) is 32.7 Å². The van der Waals surface area contributed by atoms with E-state index in [1.165, 1.54) is 6.07 Å². The third kappa shape index (κ3) is 4.55. The zero-order chi connectivity index (χ0) is 15.5. The highest BCUT2D eigenvalue weighted by molar-refractivity contribution is 9.11. The molecule has 2 aromatic heterocycles. The molecule has 2 heterocycles. The van der Waals surface area contributed by atoms with Crippen LogP contribution in [0.4, 0.5) is 24.8 Å². The van der Waals surface area contributed by atoms with Gasteiger partial charge in [-0.25, -0.2) is 15.8 Å². The number of hydrogen-bond acceptors (Lipinski definition) is 6. The number of rotatable bonds is 5. The number of anilines is 2. The average molecular weight is 382 g/mol. The number of alkyl halides is 3. The fraction of sp³-hybridized carbons (Fsp3) is 0.273. The van der Waals surface area contributed by atoms with Crippen LogP contribution in [0.3, 0.4) is 0 Å². The number of aromatic nitrogens is 2. The summed E-state index contributed by atoms with van der Waals surface area (Å²) in [6.45, 7) is 0.450. The molecule has 0 amide bonds. The van der Waals surface area contributed by atoms with Crippen LogP contribution >= 0.6 is 27.3 Å². The van der Waals surface area contributed by atoms with Gasteiger partial charge in [0, 0.05) is 17.5 Å². The van der Waals surface area contributed by atoms with Crippen LogP contribution in [0.5, 0.6) is 0 Å². The van der Waals surface area contributed by atoms with E-state index < -0.39 is 12.0 Å². The maximum absolute atomic E-state index is 12.6. The Labute approximate surface area is 130 Å². The van der Waals surface area contributed by atoms with Crippen molar-refractivity contribution < 1.29 is 13.2 Å². The van der Waals surface area contributed by atoms with Gasteiger partial charge in [-0.3, -0.25) is 0 Å². The Hall–Kier alpha value is -1.39. The van der Waals surface area contributed by atoms with Crippen molar-refractivity contribution in [1.82, 2.24) is 9.97 Å². The quantitative estimate of drug-likeness (QED) is 0.547. The van der Waals surface area contributed by atoms with Gasteiger partial charge in [0.2, 0.25) is 5.82 Å². The molecule has 0 radical (unpaired) electrons. The van der Waals surface area contributed by atoms with E-state index in [0.717, 1.165) is 8.66 Å². The van der Waals surface area contributed by atoms with E-state index >= 15 is 0 Å². The second-order valence-corrected chi connectivity index (χ2v) is 6.53. The first-order valence-corrected chi connectivity index (χ1v) is 7.40. The second kappa shape index (κ2) is 6.58. The van der Waals surface area contributed by atoms with Crippen LogP contribution in [0, 0.1) is 0 Å². The third-order valence-corrected chi connectivity index (χ3v) is 4.12. The monoisotopic (exact) mass is 381 g/mol. The molecule has 0 aliphatic rings. The SMILES string of the molecule is NNc1cc(NCCc2ccc(Br)s2)nc(C(F)(F)F)n1. The van der Waals surface area contributed by atoms with Gasteiger partial charge in [-0.15, -0.1) is 11.3 Å². The fourth-order valence-electron chi connectivity index (χ4n) is 1.54. The molecule has 0 atom stereocenters. The van der Waals surface area contributed by atoms with Crippen LogP contribution in [-0.4, -0.2) is 16.5 Å². The highest BCUT2D eigenvalue weighted by atomic mass is 79.9. The van der Waals surface area contributed by atoms with Crippen molar-refractivity contribution in [2.75, 3.05) is 17.3 Å². The summed E-state index contributed by atoms with van der Waals surface area (Å²) in [5.41, 5.74) is 2.10. The number of halogens is 4. The van der Waals surface area contributed by atoms with Gasteiger partial charge in [0.1, 0.15) is 11.6 Å². The Bertz CT molecular complexity index is 616. The summed E-state index contributed by atoms with van der Waals surface area (Å²) < 4.78 is 39.0. The Balaban J connectivity index is 2.05. The molecule has 0 aromatic carbocycles. The van der Waals surface area contributed by atoms with Crippen molar-refractivity contribution in [3.8, 4) is 0 Å². The molecule has 114 valence electrons. The molecule has 0 spiro atoms. The number of nitrogens with zero attached hydrogens (tertiary/aromatic N) is 2. The molecule has 21 heavy (non-hydrogen) atoms. The standard InChI is InChI=1S/C11H11BrF3N5S/c12-7-2-1-6(21-7)3-4-17-8-5-9(20-16)19-10(18-8)11(13,14)15/h1-2,5H,3-4,16H2,(H2,17,18,19,20). The van der Waals surface area contributed by atoms with Crippen molar-refractivity contribution in [2.24, 2.45) is 5.84 Å². The molecule has 10 heteroatoms. The lowest BCUT2D eigenvalue weighted by molar-refractivity contribution is -0.144. The molecule has 5 nitrogen and oxygen atoms in total. The van der Waals surface area contributed by atoms with Crippen LogP contribution in [-0.2, 0) is 12.6 Å². The van der Waals surface area contributed by atoms with Gasteiger partial charge in [-0.2, -0.15) is 13.2 Å². The topological polar surface area (TPSA) is 75.9 Å². The molecule has 0 fully saturated rings. The van der Waals surface area contributed by atoms with E-state index in [1.807, 2.05) is 12.1 Å². The first-order chi connectivity index (χ1) is 9.88. The van der Waals surface area contributed by atoms with Gasteiger partial charge in [-0.1, -0.05) is 0 Å². The normalized spacial score (nSPS) is 11.5. The van der Waals surface area contributed by atoms with Crippen molar-refractivity contribution in [1.29, 1.82) is 0 Å². The lowest BCUT2D eigenvalue weighted by atomic mass is 10.3. The molecule has 2 aromatic rings. The number of nitrogens with one attached hydrogen (secondary N) is 2. The predicted molar refractivity (Wildman–Crippen MR) is 79.1 cm³/mol. The number of nitrogens with two attached hydrogens (primary N) is 1. The van der Waals surface area contributed by atoms with Crippen LogP contribution in [0.15, 0.2) is 22.0 Å². The molecular formula is C11H11BrF3N5S. The second-order valence-electron chi connectivity index (χ2n) is 3.99. The minimum absolute atomic E-state index is 0.0703. The molecule has 0 bridgehead atoms. The van der Waals surface area contributed by atoms with E-state index in [2.05, 4.69) is 36.6 Å². The van der Waals surface area contributed by atoms with E-state index in [-0.39, 0.29) is 11.6 Å². The summed E-state index contributed by atoms with van der Waals surface area (Å²) >= 11 is 4.92. The molecule has 0 unspecified atom stereocenters. The Morgan fingerprint density at radius 3 is 2.52 bits per heavy atom. The van der Waals surface area contributed by atoms with Gasteiger partial charge in [-0.05, 0) is 34.5 Å². The molecule has 0 saturated carbocycles. The molecule has 0 saturated heterocycles. The fourth-order valence-corrected chi connectivity index (χ4v) is 3.02. The van der Waals surface area contributed by atoms with Gasteiger partial charge in [0.05, 0.1) is 3.79 Å². The molecule has 2 rings (SSSR count). The van der Waals surface area contributed by atoms with Crippen LogP contribution in [0.2, 0.25) is 0 Å². The van der Waals surface area contributed by atoms with Crippen molar-refractivity contribution in [2.45, 2.75) is 12.6 Å². The maximum atomic E-state index is 12.6. The summed E-state index contributed by atoms with van der Waals surface area (Å²) in [7, 11) is 0.